The van der Waals surface area contributed by atoms with Gasteiger partial charge in [-0.15, -0.1) is 22.8 Å². The van der Waals surface area contributed by atoms with Crippen LogP contribution in [0.1, 0.15) is 24.2 Å². The zero-order valence-corrected chi connectivity index (χ0v) is 14.0. The second-order valence-electron chi connectivity index (χ2n) is 6.12. The number of thiol groups is 1. The molecule has 1 heterocycles. The molecule has 1 aromatic carbocycles. The van der Waals surface area contributed by atoms with Gasteiger partial charge in [0.15, 0.2) is 5.16 Å². The van der Waals surface area contributed by atoms with Crippen LogP contribution in [0, 0.1) is 17.2 Å². The monoisotopic (exact) mass is 343 g/mol. The molecule has 7 nitrogen and oxygen atoms in total. The minimum Gasteiger partial charge on any atom is -0.410 e. The summed E-state index contributed by atoms with van der Waals surface area (Å²) in [7, 11) is 1.86. The first-order chi connectivity index (χ1) is 11.4. The summed E-state index contributed by atoms with van der Waals surface area (Å²) in [4.78, 5) is 11.0. The van der Waals surface area contributed by atoms with E-state index in [9.17, 15) is 10.1 Å². The molecule has 0 unspecified atom stereocenters. The largest absolute Gasteiger partial charge is 0.410 e. The van der Waals surface area contributed by atoms with E-state index in [1.807, 2.05) is 23.7 Å². The lowest BCUT2D eigenvalue weighted by molar-refractivity contribution is 0.178. The number of nitrogens with zero attached hydrogens (tertiary/aromatic N) is 4. The first-order valence-electron chi connectivity index (χ1n) is 7.48. The lowest BCUT2D eigenvalue weighted by Gasteiger charge is -2.45. The summed E-state index contributed by atoms with van der Waals surface area (Å²) in [6.07, 6.45) is 1.23. The second-order valence-corrected chi connectivity index (χ2v) is 6.52. The van der Waals surface area contributed by atoms with E-state index >= 15 is 0 Å². The van der Waals surface area contributed by atoms with Crippen molar-refractivity contribution in [3.05, 3.63) is 35.7 Å². The maximum Gasteiger partial charge on any atom is 0.409 e. The van der Waals surface area contributed by atoms with E-state index in [1.54, 1.807) is 12.1 Å². The van der Waals surface area contributed by atoms with E-state index < -0.39 is 6.09 Å². The van der Waals surface area contributed by atoms with Gasteiger partial charge in [-0.25, -0.2) is 4.79 Å². The van der Waals surface area contributed by atoms with Crippen LogP contribution in [0.5, 0.6) is 5.75 Å². The Morgan fingerprint density at radius 2 is 2.29 bits per heavy atom. The summed E-state index contributed by atoms with van der Waals surface area (Å²) in [5, 5.41) is 17.9. The van der Waals surface area contributed by atoms with E-state index in [-0.39, 0.29) is 11.3 Å². The average molecular weight is 343 g/mol. The Bertz CT molecular complexity index is 820. The number of amides is 1. The number of carbonyl (C=O) groups is 1. The second kappa shape index (κ2) is 6.17. The summed E-state index contributed by atoms with van der Waals surface area (Å²) in [6, 6.07) is 9.58. The molecular weight excluding hydrogens is 326 g/mol. The molecule has 3 rings (SSSR count). The number of aromatic nitrogens is 3. The molecule has 2 aromatic rings. The lowest BCUT2D eigenvalue weighted by atomic mass is 9.57. The molecule has 0 bridgehead atoms. The van der Waals surface area contributed by atoms with Crippen molar-refractivity contribution >= 4 is 18.7 Å². The molecule has 1 aromatic heterocycles. The Kier molecular flexibility index (Phi) is 4.20. The molecule has 1 amide bonds. The van der Waals surface area contributed by atoms with Crippen LogP contribution in [0.15, 0.2) is 29.4 Å². The highest BCUT2D eigenvalue weighted by molar-refractivity contribution is 7.80. The minimum atomic E-state index is -0.849. The number of ether oxygens (including phenoxy) is 1. The van der Waals surface area contributed by atoms with Gasteiger partial charge in [0.1, 0.15) is 11.6 Å². The van der Waals surface area contributed by atoms with Gasteiger partial charge in [0, 0.05) is 24.8 Å². The molecule has 8 heteroatoms. The Labute approximate surface area is 144 Å². The van der Waals surface area contributed by atoms with Crippen LogP contribution in [-0.4, -0.2) is 20.9 Å². The Hall–Kier alpha value is -2.53. The fourth-order valence-corrected chi connectivity index (χ4v) is 3.43. The fraction of sp³-hybridized carbons (Fsp3) is 0.375. The summed E-state index contributed by atoms with van der Waals surface area (Å²) in [5.74, 6) is 1.21. The fourth-order valence-electron chi connectivity index (χ4n) is 3.27. The number of nitrogens with two attached hydrogens (primary N) is 1. The first kappa shape index (κ1) is 16.3. The van der Waals surface area contributed by atoms with E-state index in [1.165, 1.54) is 0 Å². The van der Waals surface area contributed by atoms with Crippen LogP contribution in [0.2, 0.25) is 0 Å². The Balaban J connectivity index is 1.94. The molecule has 0 atom stereocenters. The Morgan fingerprint density at radius 3 is 2.88 bits per heavy atom. The molecule has 1 aliphatic rings. The van der Waals surface area contributed by atoms with Gasteiger partial charge in [0.25, 0.3) is 0 Å². The molecule has 24 heavy (non-hydrogen) atoms. The van der Waals surface area contributed by atoms with Crippen molar-refractivity contribution in [3.8, 4) is 11.8 Å². The van der Waals surface area contributed by atoms with E-state index in [0.29, 0.717) is 17.3 Å². The van der Waals surface area contributed by atoms with Gasteiger partial charge < -0.3 is 15.0 Å². The van der Waals surface area contributed by atoms with Gasteiger partial charge in [-0.3, -0.25) is 0 Å². The molecule has 0 saturated heterocycles. The molecule has 0 radical (unpaired) electrons. The number of carbonyl (C=O) groups excluding carboxylic acids is 1. The number of hydrogen-bond acceptors (Lipinski definition) is 6. The van der Waals surface area contributed by atoms with E-state index in [0.717, 1.165) is 24.2 Å². The number of rotatable bonds is 4. The molecule has 0 spiro atoms. The molecule has 2 N–H and O–H groups in total. The van der Waals surface area contributed by atoms with Crippen molar-refractivity contribution in [2.45, 2.75) is 29.8 Å². The van der Waals surface area contributed by atoms with Crippen LogP contribution >= 0.6 is 12.6 Å². The summed E-state index contributed by atoms with van der Waals surface area (Å²) in [5.41, 5.74) is 5.84. The normalized spacial score (nSPS) is 22.5. The van der Waals surface area contributed by atoms with Gasteiger partial charge in [0.05, 0.1) is 6.07 Å². The Morgan fingerprint density at radius 1 is 1.54 bits per heavy atom. The zero-order valence-electron chi connectivity index (χ0n) is 13.1. The maximum absolute atomic E-state index is 11.0. The quantitative estimate of drug-likeness (QED) is 0.826. The smallest absolute Gasteiger partial charge is 0.409 e. The van der Waals surface area contributed by atoms with E-state index in [2.05, 4.69) is 28.9 Å². The number of benzene rings is 1. The van der Waals surface area contributed by atoms with Crippen LogP contribution < -0.4 is 10.5 Å². The minimum absolute atomic E-state index is 0.00872. The van der Waals surface area contributed by atoms with Crippen molar-refractivity contribution in [1.29, 1.82) is 5.26 Å². The zero-order chi connectivity index (χ0) is 17.3. The number of nitriles is 1. The standard InChI is InChI=1S/C16H17N5O2S/c1-21-13(19-20-15(21)24)8-16(6-10(7-16)9-17)11-3-2-4-12(5-11)23-14(18)22/h2-5,10H,6-8H2,1H3,(H2,18,22)(H,20,24). The predicted molar refractivity (Wildman–Crippen MR) is 88.6 cm³/mol. The lowest BCUT2D eigenvalue weighted by Crippen LogP contribution is -2.43. The molecular formula is C16H17N5O2S. The third-order valence-electron chi connectivity index (χ3n) is 4.56. The highest BCUT2D eigenvalue weighted by Gasteiger charge is 2.46. The van der Waals surface area contributed by atoms with Gasteiger partial charge in [-0.2, -0.15) is 5.26 Å². The SMILES string of the molecule is Cn1c(S)nnc1CC1(c2cccc(OC(N)=O)c2)CC(C#N)C1. The third-order valence-corrected chi connectivity index (χ3v) is 4.95. The van der Waals surface area contributed by atoms with Crippen LogP contribution in [0.4, 0.5) is 4.79 Å². The van der Waals surface area contributed by atoms with E-state index in [4.69, 9.17) is 10.5 Å². The van der Waals surface area contributed by atoms with Crippen LogP contribution in [0.25, 0.3) is 0 Å². The number of hydrogen-bond donors (Lipinski definition) is 2. The highest BCUT2D eigenvalue weighted by Crippen LogP contribution is 2.50. The third kappa shape index (κ3) is 2.95. The maximum atomic E-state index is 11.0. The van der Waals surface area contributed by atoms with Crippen molar-refractivity contribution in [1.82, 2.24) is 14.8 Å². The van der Waals surface area contributed by atoms with Crippen molar-refractivity contribution < 1.29 is 9.53 Å². The average Bonchev–Trinajstić information content (AvgIpc) is 2.81. The first-order valence-corrected chi connectivity index (χ1v) is 7.93. The predicted octanol–water partition coefficient (Wildman–Crippen LogP) is 1.98. The summed E-state index contributed by atoms with van der Waals surface area (Å²) < 4.78 is 6.81. The summed E-state index contributed by atoms with van der Waals surface area (Å²) in [6.45, 7) is 0. The van der Waals surface area contributed by atoms with Crippen LogP contribution in [0.3, 0.4) is 0 Å². The van der Waals surface area contributed by atoms with Crippen molar-refractivity contribution in [3.63, 3.8) is 0 Å². The number of primary amides is 1. The molecule has 1 saturated carbocycles. The van der Waals surface area contributed by atoms with Crippen molar-refractivity contribution in [2.75, 3.05) is 0 Å². The van der Waals surface area contributed by atoms with Gasteiger partial charge in [-0.05, 0) is 30.5 Å². The summed E-state index contributed by atoms with van der Waals surface area (Å²) >= 11 is 4.26. The molecule has 1 fully saturated rings. The molecule has 124 valence electrons. The van der Waals surface area contributed by atoms with Gasteiger partial charge in [0.2, 0.25) is 0 Å². The topological polar surface area (TPSA) is 107 Å². The molecule has 1 aliphatic carbocycles. The highest BCUT2D eigenvalue weighted by atomic mass is 32.1. The van der Waals surface area contributed by atoms with Gasteiger partial charge >= 0.3 is 6.09 Å². The van der Waals surface area contributed by atoms with Gasteiger partial charge in [-0.1, -0.05) is 12.1 Å². The van der Waals surface area contributed by atoms with Crippen molar-refractivity contribution in [2.24, 2.45) is 18.7 Å². The van der Waals surface area contributed by atoms with Crippen LogP contribution in [-0.2, 0) is 18.9 Å². The molecule has 0 aliphatic heterocycles.